The number of hydrogen-bond acceptors (Lipinski definition) is 5. The molecule has 1 aromatic rings. The topological polar surface area (TPSA) is 104 Å². The zero-order valence-electron chi connectivity index (χ0n) is 11.7. The van der Waals surface area contributed by atoms with Crippen LogP contribution in [0.1, 0.15) is 23.4 Å². The van der Waals surface area contributed by atoms with Gasteiger partial charge >= 0.3 is 5.69 Å². The van der Waals surface area contributed by atoms with E-state index in [1.54, 1.807) is 13.8 Å². The van der Waals surface area contributed by atoms with E-state index in [0.29, 0.717) is 30.0 Å². The lowest BCUT2D eigenvalue weighted by Crippen LogP contribution is -2.44. The molecule has 7 heteroatoms. The highest BCUT2D eigenvalue weighted by atomic mass is 16.5. The molecule has 1 fully saturated rings. The minimum absolute atomic E-state index is 0.123. The van der Waals surface area contributed by atoms with Crippen molar-refractivity contribution in [3.05, 3.63) is 27.4 Å². The zero-order valence-corrected chi connectivity index (χ0v) is 11.7. The lowest BCUT2D eigenvalue weighted by Gasteiger charge is -2.20. The molecule has 1 aliphatic heterocycles. The van der Waals surface area contributed by atoms with E-state index < -0.39 is 11.3 Å². The lowest BCUT2D eigenvalue weighted by molar-refractivity contribution is -0.121. The molecule has 0 radical (unpaired) electrons. The average Bonchev–Trinajstić information content (AvgIpc) is 2.79. The first-order valence-electron chi connectivity index (χ1n) is 6.53. The Morgan fingerprint density at radius 3 is 2.90 bits per heavy atom. The van der Waals surface area contributed by atoms with Gasteiger partial charge in [0.15, 0.2) is 0 Å². The van der Waals surface area contributed by atoms with Crippen molar-refractivity contribution in [3.63, 3.8) is 0 Å². The summed E-state index contributed by atoms with van der Waals surface area (Å²) in [6, 6.07) is 0. The van der Waals surface area contributed by atoms with Crippen molar-refractivity contribution < 1.29 is 14.6 Å². The number of nitrogens with zero attached hydrogens (tertiary/aromatic N) is 1. The Labute approximate surface area is 116 Å². The number of amides is 1. The molecule has 7 nitrogen and oxygen atoms in total. The zero-order chi connectivity index (χ0) is 14.8. The number of aliphatic hydroxyl groups is 1. The van der Waals surface area contributed by atoms with Gasteiger partial charge < -0.3 is 20.1 Å². The second kappa shape index (κ2) is 5.72. The second-order valence-electron chi connectivity index (χ2n) is 5.21. The van der Waals surface area contributed by atoms with Crippen molar-refractivity contribution in [3.8, 4) is 0 Å². The van der Waals surface area contributed by atoms with Gasteiger partial charge in [0, 0.05) is 36.5 Å². The fourth-order valence-electron chi connectivity index (χ4n) is 2.24. The van der Waals surface area contributed by atoms with Gasteiger partial charge in [-0.25, -0.2) is 4.79 Å². The Morgan fingerprint density at radius 1 is 1.55 bits per heavy atom. The van der Waals surface area contributed by atoms with Gasteiger partial charge in [0.1, 0.15) is 5.60 Å². The van der Waals surface area contributed by atoms with Crippen LogP contribution in [0.25, 0.3) is 0 Å². The standard InChI is InChI=1S/C13H19N3O4/c1-8-10(9(2)16-12(18)15-8)5-11(17)14-6-13(19)3-4-20-7-13/h19H,3-7H2,1-2H3,(H,14,17)(H,15,16,18). The number of aromatic nitrogens is 2. The molecule has 1 aliphatic rings. The van der Waals surface area contributed by atoms with Gasteiger partial charge in [0.2, 0.25) is 5.91 Å². The number of nitrogens with one attached hydrogen (secondary N) is 2. The van der Waals surface area contributed by atoms with Gasteiger partial charge in [0.25, 0.3) is 0 Å². The third kappa shape index (κ3) is 3.43. The molecule has 3 N–H and O–H groups in total. The monoisotopic (exact) mass is 281 g/mol. The molecule has 0 spiro atoms. The maximum absolute atomic E-state index is 11.9. The molecule has 20 heavy (non-hydrogen) atoms. The molecular weight excluding hydrogens is 262 g/mol. The van der Waals surface area contributed by atoms with Gasteiger partial charge in [0.05, 0.1) is 13.0 Å². The van der Waals surface area contributed by atoms with Gasteiger partial charge in [-0.05, 0) is 13.8 Å². The summed E-state index contributed by atoms with van der Waals surface area (Å²) in [5.74, 6) is -0.217. The van der Waals surface area contributed by atoms with Crippen LogP contribution in [0.3, 0.4) is 0 Å². The van der Waals surface area contributed by atoms with E-state index in [9.17, 15) is 14.7 Å². The molecule has 2 heterocycles. The molecule has 1 aromatic heterocycles. The number of aryl methyl sites for hydroxylation is 2. The summed E-state index contributed by atoms with van der Waals surface area (Å²) in [7, 11) is 0. The molecule has 0 aliphatic carbocycles. The highest BCUT2D eigenvalue weighted by Gasteiger charge is 2.32. The maximum atomic E-state index is 11.9. The van der Waals surface area contributed by atoms with E-state index in [4.69, 9.17) is 4.74 Å². The number of carbonyl (C=O) groups is 1. The largest absolute Gasteiger partial charge is 0.386 e. The summed E-state index contributed by atoms with van der Waals surface area (Å²) in [4.78, 5) is 29.4. The highest BCUT2D eigenvalue weighted by molar-refractivity contribution is 5.79. The number of aromatic amines is 1. The van der Waals surface area contributed by atoms with Crippen LogP contribution in [-0.4, -0.2) is 46.3 Å². The van der Waals surface area contributed by atoms with Crippen LogP contribution in [0.4, 0.5) is 0 Å². The van der Waals surface area contributed by atoms with Crippen LogP contribution in [0.5, 0.6) is 0 Å². The molecule has 1 amide bonds. The summed E-state index contributed by atoms with van der Waals surface area (Å²) >= 11 is 0. The van der Waals surface area contributed by atoms with Crippen LogP contribution >= 0.6 is 0 Å². The van der Waals surface area contributed by atoms with E-state index >= 15 is 0 Å². The number of H-pyrrole nitrogens is 1. The predicted molar refractivity (Wildman–Crippen MR) is 71.4 cm³/mol. The smallest absolute Gasteiger partial charge is 0.345 e. The van der Waals surface area contributed by atoms with Crippen molar-refractivity contribution >= 4 is 5.91 Å². The van der Waals surface area contributed by atoms with Crippen LogP contribution in [0.2, 0.25) is 0 Å². The first-order valence-corrected chi connectivity index (χ1v) is 6.53. The van der Waals surface area contributed by atoms with Crippen molar-refractivity contribution in [1.82, 2.24) is 15.3 Å². The summed E-state index contributed by atoms with van der Waals surface area (Å²) in [6.45, 7) is 4.35. The minimum atomic E-state index is -0.969. The van der Waals surface area contributed by atoms with E-state index in [1.807, 2.05) is 0 Å². The summed E-state index contributed by atoms with van der Waals surface area (Å²) in [6.07, 6.45) is 0.643. The molecule has 1 atom stereocenters. The molecule has 0 saturated carbocycles. The predicted octanol–water partition coefficient (Wildman–Crippen LogP) is -0.803. The van der Waals surface area contributed by atoms with Crippen molar-refractivity contribution in [1.29, 1.82) is 0 Å². The van der Waals surface area contributed by atoms with Crippen molar-refractivity contribution in [2.75, 3.05) is 19.8 Å². The Hall–Kier alpha value is -1.73. The van der Waals surface area contributed by atoms with Gasteiger partial charge in [-0.1, -0.05) is 0 Å². The number of rotatable bonds is 4. The summed E-state index contributed by atoms with van der Waals surface area (Å²) < 4.78 is 5.11. The van der Waals surface area contributed by atoms with E-state index in [-0.39, 0.29) is 25.5 Å². The van der Waals surface area contributed by atoms with E-state index in [2.05, 4.69) is 15.3 Å². The fourth-order valence-corrected chi connectivity index (χ4v) is 2.24. The Bertz CT molecular complexity index is 535. The van der Waals surface area contributed by atoms with E-state index in [1.165, 1.54) is 0 Å². The quantitative estimate of drug-likeness (QED) is 0.670. The van der Waals surface area contributed by atoms with Gasteiger partial charge in [-0.2, -0.15) is 4.98 Å². The third-order valence-electron chi connectivity index (χ3n) is 3.49. The third-order valence-corrected chi connectivity index (χ3v) is 3.49. The summed E-state index contributed by atoms with van der Waals surface area (Å²) in [5, 5.41) is 12.7. The SMILES string of the molecule is Cc1nc(=O)[nH]c(C)c1CC(=O)NCC1(O)CCOC1. The Kier molecular flexibility index (Phi) is 4.20. The molecule has 0 aromatic carbocycles. The van der Waals surface area contributed by atoms with Crippen LogP contribution < -0.4 is 11.0 Å². The molecular formula is C13H19N3O4. The number of ether oxygens (including phenoxy) is 1. The second-order valence-corrected chi connectivity index (χ2v) is 5.21. The number of carbonyl (C=O) groups excluding carboxylic acids is 1. The molecule has 1 unspecified atom stereocenters. The summed E-state index contributed by atoms with van der Waals surface area (Å²) in [5.41, 5.74) is 0.506. The Morgan fingerprint density at radius 2 is 2.30 bits per heavy atom. The van der Waals surface area contributed by atoms with Gasteiger partial charge in [-0.15, -0.1) is 0 Å². The van der Waals surface area contributed by atoms with Gasteiger partial charge in [-0.3, -0.25) is 4.79 Å². The molecule has 2 rings (SSSR count). The molecule has 1 saturated heterocycles. The van der Waals surface area contributed by atoms with Crippen LogP contribution in [0, 0.1) is 13.8 Å². The van der Waals surface area contributed by atoms with E-state index in [0.717, 1.165) is 0 Å². The van der Waals surface area contributed by atoms with Crippen LogP contribution in [0.15, 0.2) is 4.79 Å². The molecule has 0 bridgehead atoms. The van der Waals surface area contributed by atoms with Crippen molar-refractivity contribution in [2.24, 2.45) is 0 Å². The fraction of sp³-hybridized carbons (Fsp3) is 0.615. The number of hydrogen-bond donors (Lipinski definition) is 3. The van der Waals surface area contributed by atoms with Crippen molar-refractivity contribution in [2.45, 2.75) is 32.3 Å². The lowest BCUT2D eigenvalue weighted by atomic mass is 10.0. The molecule has 110 valence electrons. The van der Waals surface area contributed by atoms with Crippen LogP contribution in [-0.2, 0) is 16.0 Å². The maximum Gasteiger partial charge on any atom is 0.345 e. The normalized spacial score (nSPS) is 21.9. The Balaban J connectivity index is 1.96. The average molecular weight is 281 g/mol. The minimum Gasteiger partial charge on any atom is -0.386 e. The first-order chi connectivity index (χ1) is 9.39. The highest BCUT2D eigenvalue weighted by Crippen LogP contribution is 2.17. The first kappa shape index (κ1) is 14.7.